The van der Waals surface area contributed by atoms with E-state index in [1.807, 2.05) is 37.3 Å². The van der Waals surface area contributed by atoms with Crippen LogP contribution in [0.1, 0.15) is 12.5 Å². The van der Waals surface area contributed by atoms with Gasteiger partial charge < -0.3 is 19.5 Å². The Kier molecular flexibility index (Phi) is 7.32. The van der Waals surface area contributed by atoms with Gasteiger partial charge in [-0.25, -0.2) is 14.4 Å². The number of nitrogens with zero attached hydrogens (tertiary/aromatic N) is 3. The molecule has 0 fully saturated rings. The summed E-state index contributed by atoms with van der Waals surface area (Å²) in [4.78, 5) is 18.8. The fraction of sp³-hybridized carbons (Fsp3) is 0.200. The normalized spacial score (nSPS) is 11.7. The highest BCUT2D eigenvalue weighted by Crippen LogP contribution is 2.40. The van der Waals surface area contributed by atoms with Crippen molar-refractivity contribution < 1.29 is 23.5 Å². The van der Waals surface area contributed by atoms with Gasteiger partial charge in [0.05, 0.1) is 47.9 Å². The van der Waals surface area contributed by atoms with E-state index in [0.717, 1.165) is 11.6 Å². The molecule has 0 amide bonds. The highest BCUT2D eigenvalue weighted by molar-refractivity contribution is 5.97. The molecular formula is C25H23FN4O5. The van der Waals surface area contributed by atoms with Crippen LogP contribution < -0.4 is 14.8 Å². The summed E-state index contributed by atoms with van der Waals surface area (Å²) in [6.45, 7) is 2.61. The van der Waals surface area contributed by atoms with Crippen LogP contribution in [0.25, 0.3) is 10.9 Å². The van der Waals surface area contributed by atoms with Gasteiger partial charge in [0.25, 0.3) is 5.69 Å². The zero-order valence-electron chi connectivity index (χ0n) is 19.1. The van der Waals surface area contributed by atoms with E-state index in [0.29, 0.717) is 35.6 Å². The highest BCUT2D eigenvalue weighted by atomic mass is 19.1. The molecule has 1 atom stereocenters. The Hall–Kier alpha value is -4.31. The van der Waals surface area contributed by atoms with Crippen LogP contribution in [0.15, 0.2) is 67.0 Å². The van der Waals surface area contributed by atoms with Gasteiger partial charge in [-0.2, -0.15) is 0 Å². The molecule has 35 heavy (non-hydrogen) atoms. The van der Waals surface area contributed by atoms with E-state index in [4.69, 9.17) is 14.2 Å². The van der Waals surface area contributed by atoms with Crippen LogP contribution in [0.4, 0.5) is 21.6 Å². The number of methoxy groups -OCH3 is 1. The van der Waals surface area contributed by atoms with Gasteiger partial charge in [-0.15, -0.1) is 0 Å². The van der Waals surface area contributed by atoms with Gasteiger partial charge in [-0.05, 0) is 30.7 Å². The minimum Gasteiger partial charge on any atom is -0.493 e. The van der Waals surface area contributed by atoms with Crippen LogP contribution in [0, 0.1) is 15.9 Å². The average molecular weight is 478 g/mol. The van der Waals surface area contributed by atoms with E-state index in [2.05, 4.69) is 15.3 Å². The summed E-state index contributed by atoms with van der Waals surface area (Å²) in [7, 11) is 1.51. The monoisotopic (exact) mass is 478 g/mol. The van der Waals surface area contributed by atoms with Gasteiger partial charge in [-0.1, -0.05) is 30.3 Å². The summed E-state index contributed by atoms with van der Waals surface area (Å²) in [5.41, 5.74) is 1.25. The van der Waals surface area contributed by atoms with E-state index in [1.165, 1.54) is 25.6 Å². The Morgan fingerprint density at radius 3 is 2.63 bits per heavy atom. The highest BCUT2D eigenvalue weighted by Gasteiger charge is 2.20. The van der Waals surface area contributed by atoms with Crippen LogP contribution in [0.5, 0.6) is 11.5 Å². The van der Waals surface area contributed by atoms with E-state index in [-0.39, 0.29) is 23.3 Å². The molecule has 0 radical (unpaired) electrons. The van der Waals surface area contributed by atoms with Crippen LogP contribution >= 0.6 is 0 Å². The number of anilines is 2. The second kappa shape index (κ2) is 10.7. The second-order valence-electron chi connectivity index (χ2n) is 7.69. The molecule has 10 heteroatoms. The molecule has 0 saturated carbocycles. The maximum absolute atomic E-state index is 14.5. The third-order valence-corrected chi connectivity index (χ3v) is 5.14. The molecule has 0 unspecified atom stereocenters. The molecule has 4 aromatic rings. The van der Waals surface area contributed by atoms with Gasteiger partial charge in [0.15, 0.2) is 17.3 Å². The number of non-ortho nitro benzene ring substituents is 1. The number of aromatic nitrogens is 2. The fourth-order valence-electron chi connectivity index (χ4n) is 3.47. The minimum absolute atomic E-state index is 0.0172. The van der Waals surface area contributed by atoms with Crippen molar-refractivity contribution in [3.05, 3.63) is 88.5 Å². The number of ether oxygens (including phenoxy) is 3. The first-order valence-corrected chi connectivity index (χ1v) is 10.8. The molecule has 0 spiro atoms. The number of nitrogens with one attached hydrogen (secondary N) is 1. The van der Waals surface area contributed by atoms with Gasteiger partial charge in [0.2, 0.25) is 0 Å². The molecule has 1 aromatic heterocycles. The Balaban J connectivity index is 1.61. The van der Waals surface area contributed by atoms with E-state index < -0.39 is 10.7 Å². The van der Waals surface area contributed by atoms with Crippen molar-refractivity contribution in [2.75, 3.05) is 19.0 Å². The first kappa shape index (κ1) is 23.8. The summed E-state index contributed by atoms with van der Waals surface area (Å²) in [5, 5.41) is 14.3. The largest absolute Gasteiger partial charge is 0.493 e. The molecule has 0 aliphatic rings. The summed E-state index contributed by atoms with van der Waals surface area (Å²) in [6, 6.07) is 16.6. The predicted octanol–water partition coefficient (Wildman–Crippen LogP) is 5.41. The van der Waals surface area contributed by atoms with Crippen LogP contribution in [0.2, 0.25) is 0 Å². The lowest BCUT2D eigenvalue weighted by Gasteiger charge is -2.20. The molecular weight excluding hydrogens is 455 g/mol. The Bertz CT molecular complexity index is 1340. The molecule has 9 nitrogen and oxygen atoms in total. The quantitative estimate of drug-likeness (QED) is 0.238. The summed E-state index contributed by atoms with van der Waals surface area (Å²) in [6.07, 6.45) is 0.971. The number of nitro benzene ring substituents is 1. The third-order valence-electron chi connectivity index (χ3n) is 5.14. The van der Waals surface area contributed by atoms with Crippen molar-refractivity contribution in [3.8, 4) is 11.5 Å². The van der Waals surface area contributed by atoms with Crippen LogP contribution in [0.3, 0.4) is 0 Å². The maximum atomic E-state index is 14.5. The van der Waals surface area contributed by atoms with Crippen LogP contribution in [-0.2, 0) is 11.3 Å². The van der Waals surface area contributed by atoms with Gasteiger partial charge in [-0.3, -0.25) is 10.1 Å². The zero-order valence-corrected chi connectivity index (χ0v) is 19.1. The average Bonchev–Trinajstić information content (AvgIpc) is 2.86. The molecule has 0 bridgehead atoms. The number of rotatable bonds is 10. The Morgan fingerprint density at radius 2 is 1.91 bits per heavy atom. The fourth-order valence-corrected chi connectivity index (χ4v) is 3.47. The summed E-state index contributed by atoms with van der Waals surface area (Å²) in [5.74, 6) is 0.272. The maximum Gasteiger partial charge on any atom is 0.272 e. The van der Waals surface area contributed by atoms with E-state index >= 15 is 0 Å². The van der Waals surface area contributed by atoms with Crippen molar-refractivity contribution in [2.45, 2.75) is 19.6 Å². The second-order valence-corrected chi connectivity index (χ2v) is 7.69. The summed E-state index contributed by atoms with van der Waals surface area (Å²) >= 11 is 0. The van der Waals surface area contributed by atoms with Crippen molar-refractivity contribution >= 4 is 28.1 Å². The topological polar surface area (TPSA) is 109 Å². The molecule has 0 aliphatic heterocycles. The molecule has 1 N–H and O–H groups in total. The van der Waals surface area contributed by atoms with Crippen LogP contribution in [-0.4, -0.2) is 34.7 Å². The number of fused-ring (bicyclic) bond motifs is 1. The number of nitro groups is 1. The van der Waals surface area contributed by atoms with Gasteiger partial charge in [0, 0.05) is 6.07 Å². The number of benzene rings is 3. The molecule has 3 aromatic carbocycles. The molecule has 4 rings (SSSR count). The number of hydrogen-bond acceptors (Lipinski definition) is 8. The van der Waals surface area contributed by atoms with Crippen molar-refractivity contribution in [1.82, 2.24) is 9.97 Å². The van der Waals surface area contributed by atoms with E-state index in [9.17, 15) is 14.5 Å². The molecule has 1 heterocycles. The molecule has 0 aliphatic carbocycles. The lowest BCUT2D eigenvalue weighted by Crippen LogP contribution is -2.20. The van der Waals surface area contributed by atoms with Crippen molar-refractivity contribution in [3.63, 3.8) is 0 Å². The summed E-state index contributed by atoms with van der Waals surface area (Å²) < 4.78 is 32.0. The standard InChI is InChI=1S/C25H23FN4O5/c1-16(13-34-14-17-6-4-3-5-7-17)35-24-22(33-2)11-10-21-23(24)25(28-15-27-21)29-20-9-8-18(30(31)32)12-19(20)26/h3-12,15-16H,13-14H2,1-2H3,(H,27,28,29)/t16-/m1/s1. The Morgan fingerprint density at radius 1 is 1.11 bits per heavy atom. The Labute approximate surface area is 200 Å². The number of hydrogen-bond donors (Lipinski definition) is 1. The first-order valence-electron chi connectivity index (χ1n) is 10.8. The lowest BCUT2D eigenvalue weighted by atomic mass is 10.1. The first-order chi connectivity index (χ1) is 17.0. The van der Waals surface area contributed by atoms with Gasteiger partial charge in [0.1, 0.15) is 18.2 Å². The van der Waals surface area contributed by atoms with Crippen molar-refractivity contribution in [2.24, 2.45) is 0 Å². The molecule has 0 saturated heterocycles. The molecule has 180 valence electrons. The lowest BCUT2D eigenvalue weighted by molar-refractivity contribution is -0.385. The number of halogens is 1. The third kappa shape index (κ3) is 5.61. The predicted molar refractivity (Wildman–Crippen MR) is 129 cm³/mol. The zero-order chi connectivity index (χ0) is 24.8. The SMILES string of the molecule is COc1ccc2ncnc(Nc3ccc([N+](=O)[O-])cc3F)c2c1O[C@H](C)COCc1ccccc1. The van der Waals surface area contributed by atoms with Gasteiger partial charge >= 0.3 is 0 Å². The minimum atomic E-state index is -0.793. The smallest absolute Gasteiger partial charge is 0.272 e. The van der Waals surface area contributed by atoms with Crippen molar-refractivity contribution in [1.29, 1.82) is 0 Å². The van der Waals surface area contributed by atoms with E-state index in [1.54, 1.807) is 12.1 Å².